The smallest absolute Gasteiger partial charge is 0.0121 e. The second-order valence-electron chi connectivity index (χ2n) is 6.99. The molecule has 3 aliphatic carbocycles. The van der Waals surface area contributed by atoms with Gasteiger partial charge in [-0.05, 0) is 68.7 Å². The van der Waals surface area contributed by atoms with Crippen molar-refractivity contribution in [3.05, 3.63) is 0 Å². The zero-order chi connectivity index (χ0) is 11.8. The van der Waals surface area contributed by atoms with E-state index in [2.05, 4.69) is 19.3 Å². The number of nitrogens with one attached hydrogen (secondary N) is 1. The number of fused-ring (bicyclic) bond motifs is 1. The van der Waals surface area contributed by atoms with Gasteiger partial charge in [0.15, 0.2) is 0 Å². The Balaban J connectivity index is 1.54. The minimum absolute atomic E-state index is 0.848. The Hall–Kier alpha value is -0.0400. The average Bonchev–Trinajstić information content (AvgIpc) is 2.98. The first kappa shape index (κ1) is 12.0. The molecule has 0 aliphatic heterocycles. The van der Waals surface area contributed by atoms with Crippen molar-refractivity contribution in [2.45, 2.75) is 64.3 Å². The molecule has 17 heavy (non-hydrogen) atoms. The zero-order valence-electron chi connectivity index (χ0n) is 11.6. The summed E-state index contributed by atoms with van der Waals surface area (Å²) in [6.45, 7) is 2.37. The van der Waals surface area contributed by atoms with Crippen LogP contribution in [-0.2, 0) is 0 Å². The monoisotopic (exact) mass is 235 g/mol. The van der Waals surface area contributed by atoms with Crippen LogP contribution in [0.5, 0.6) is 0 Å². The van der Waals surface area contributed by atoms with Crippen molar-refractivity contribution in [1.82, 2.24) is 5.32 Å². The molecule has 0 aromatic rings. The van der Waals surface area contributed by atoms with Gasteiger partial charge in [0.05, 0.1) is 0 Å². The first-order valence-corrected chi connectivity index (χ1v) is 7.99. The third-order valence-electron chi connectivity index (χ3n) is 6.10. The predicted octanol–water partition coefficient (Wildman–Crippen LogP) is 3.84. The molecule has 3 rings (SSSR count). The van der Waals surface area contributed by atoms with Gasteiger partial charge in [0.2, 0.25) is 0 Å². The van der Waals surface area contributed by atoms with Crippen molar-refractivity contribution in [3.63, 3.8) is 0 Å². The van der Waals surface area contributed by atoms with Crippen LogP contribution in [0.25, 0.3) is 0 Å². The van der Waals surface area contributed by atoms with Crippen LogP contribution in [-0.4, -0.2) is 13.1 Å². The van der Waals surface area contributed by atoms with E-state index < -0.39 is 0 Å². The topological polar surface area (TPSA) is 12.0 Å². The minimum Gasteiger partial charge on any atom is -0.316 e. The Labute approximate surface area is 107 Å². The minimum atomic E-state index is 0.848. The molecule has 0 aromatic heterocycles. The van der Waals surface area contributed by atoms with Crippen molar-refractivity contribution in [2.24, 2.45) is 29.6 Å². The van der Waals surface area contributed by atoms with Crippen molar-refractivity contribution in [2.75, 3.05) is 7.05 Å². The van der Waals surface area contributed by atoms with Gasteiger partial charge >= 0.3 is 0 Å². The third-order valence-corrected chi connectivity index (χ3v) is 6.10. The largest absolute Gasteiger partial charge is 0.316 e. The summed E-state index contributed by atoms with van der Waals surface area (Å²) in [4.78, 5) is 0. The lowest BCUT2D eigenvalue weighted by atomic mass is 9.73. The molecule has 0 bridgehead atoms. The fourth-order valence-corrected chi connectivity index (χ4v) is 4.87. The lowest BCUT2D eigenvalue weighted by Crippen LogP contribution is -2.41. The van der Waals surface area contributed by atoms with Crippen LogP contribution in [0.2, 0.25) is 0 Å². The van der Waals surface area contributed by atoms with E-state index in [4.69, 9.17) is 0 Å². The summed E-state index contributed by atoms with van der Waals surface area (Å²) < 4.78 is 0. The van der Waals surface area contributed by atoms with Gasteiger partial charge in [-0.15, -0.1) is 0 Å². The summed E-state index contributed by atoms with van der Waals surface area (Å²) in [6.07, 6.45) is 12.1. The van der Waals surface area contributed by atoms with E-state index in [-0.39, 0.29) is 0 Å². The Morgan fingerprint density at radius 1 is 0.941 bits per heavy atom. The van der Waals surface area contributed by atoms with E-state index in [0.717, 1.165) is 35.6 Å². The number of hydrogen-bond acceptors (Lipinski definition) is 1. The standard InChI is InChI=1S/C16H29N/c1-3-11-4-6-12(7-5-11)16(17-2)15-9-13-8-14(13)10-15/h11-17H,3-10H2,1-2H3. The van der Waals surface area contributed by atoms with Crippen LogP contribution in [0.3, 0.4) is 0 Å². The summed E-state index contributed by atoms with van der Waals surface area (Å²) in [5.41, 5.74) is 0. The fraction of sp³-hybridized carbons (Fsp3) is 1.00. The molecule has 1 N–H and O–H groups in total. The maximum atomic E-state index is 3.69. The van der Waals surface area contributed by atoms with Gasteiger partial charge in [-0.3, -0.25) is 0 Å². The van der Waals surface area contributed by atoms with Gasteiger partial charge in [-0.1, -0.05) is 26.2 Å². The summed E-state index contributed by atoms with van der Waals surface area (Å²) in [7, 11) is 2.21. The first-order valence-electron chi connectivity index (χ1n) is 7.99. The molecule has 0 aromatic carbocycles. The van der Waals surface area contributed by atoms with Crippen molar-refractivity contribution < 1.29 is 0 Å². The van der Waals surface area contributed by atoms with Crippen molar-refractivity contribution in [3.8, 4) is 0 Å². The highest BCUT2D eigenvalue weighted by atomic mass is 14.9. The summed E-state index contributed by atoms with van der Waals surface area (Å²) in [6, 6.07) is 0.848. The van der Waals surface area contributed by atoms with Gasteiger partial charge in [0.1, 0.15) is 0 Å². The molecule has 3 fully saturated rings. The summed E-state index contributed by atoms with van der Waals surface area (Å²) in [5.74, 6) is 5.34. The average molecular weight is 235 g/mol. The van der Waals surface area contributed by atoms with E-state index in [1.807, 2.05) is 0 Å². The Kier molecular flexibility index (Phi) is 3.47. The zero-order valence-corrected chi connectivity index (χ0v) is 11.6. The molecule has 1 heteroatoms. The van der Waals surface area contributed by atoms with E-state index in [0.29, 0.717) is 0 Å². The highest BCUT2D eigenvalue weighted by molar-refractivity contribution is 5.00. The van der Waals surface area contributed by atoms with Crippen LogP contribution in [0, 0.1) is 29.6 Å². The molecule has 98 valence electrons. The van der Waals surface area contributed by atoms with Crippen LogP contribution in [0.1, 0.15) is 58.3 Å². The van der Waals surface area contributed by atoms with Gasteiger partial charge in [0, 0.05) is 6.04 Å². The van der Waals surface area contributed by atoms with Gasteiger partial charge in [-0.2, -0.15) is 0 Å². The highest BCUT2D eigenvalue weighted by Gasteiger charge is 2.48. The summed E-state index contributed by atoms with van der Waals surface area (Å²) in [5, 5.41) is 3.69. The maximum absolute atomic E-state index is 3.69. The lowest BCUT2D eigenvalue weighted by Gasteiger charge is -2.37. The lowest BCUT2D eigenvalue weighted by molar-refractivity contribution is 0.177. The van der Waals surface area contributed by atoms with E-state index in [1.54, 1.807) is 19.3 Å². The summed E-state index contributed by atoms with van der Waals surface area (Å²) >= 11 is 0. The van der Waals surface area contributed by atoms with Crippen molar-refractivity contribution >= 4 is 0 Å². The SMILES string of the molecule is CCC1CCC(C(NC)C2CC3CC3C2)CC1. The molecular formula is C16H29N. The number of hydrogen-bond donors (Lipinski definition) is 1. The van der Waals surface area contributed by atoms with Gasteiger partial charge < -0.3 is 5.32 Å². The molecule has 3 atom stereocenters. The highest BCUT2D eigenvalue weighted by Crippen LogP contribution is 2.56. The van der Waals surface area contributed by atoms with Crippen LogP contribution < -0.4 is 5.32 Å². The molecule has 3 saturated carbocycles. The Bertz CT molecular complexity index is 244. The van der Waals surface area contributed by atoms with Gasteiger partial charge in [-0.25, -0.2) is 0 Å². The normalized spacial score (nSPS) is 46.6. The van der Waals surface area contributed by atoms with E-state index in [9.17, 15) is 0 Å². The second-order valence-corrected chi connectivity index (χ2v) is 6.99. The van der Waals surface area contributed by atoms with Crippen LogP contribution in [0.4, 0.5) is 0 Å². The molecule has 1 nitrogen and oxygen atoms in total. The number of rotatable bonds is 4. The molecule has 3 unspecified atom stereocenters. The third kappa shape index (κ3) is 2.41. The first-order chi connectivity index (χ1) is 8.31. The second kappa shape index (κ2) is 4.91. The van der Waals surface area contributed by atoms with Crippen LogP contribution >= 0.6 is 0 Å². The predicted molar refractivity (Wildman–Crippen MR) is 72.9 cm³/mol. The molecule has 0 radical (unpaired) electrons. The maximum Gasteiger partial charge on any atom is 0.0121 e. The van der Waals surface area contributed by atoms with Crippen LogP contribution in [0.15, 0.2) is 0 Å². The Morgan fingerprint density at radius 2 is 1.59 bits per heavy atom. The fourth-order valence-electron chi connectivity index (χ4n) is 4.87. The Morgan fingerprint density at radius 3 is 2.12 bits per heavy atom. The van der Waals surface area contributed by atoms with E-state index >= 15 is 0 Å². The van der Waals surface area contributed by atoms with E-state index in [1.165, 1.54) is 32.1 Å². The van der Waals surface area contributed by atoms with Gasteiger partial charge in [0.25, 0.3) is 0 Å². The molecular weight excluding hydrogens is 206 g/mol. The quantitative estimate of drug-likeness (QED) is 0.781. The molecule has 0 heterocycles. The molecule has 3 aliphatic rings. The van der Waals surface area contributed by atoms with Crippen molar-refractivity contribution in [1.29, 1.82) is 0 Å². The molecule has 0 amide bonds. The molecule has 0 saturated heterocycles. The molecule has 0 spiro atoms.